The summed E-state index contributed by atoms with van der Waals surface area (Å²) in [7, 11) is 0. The Hall–Kier alpha value is -1.41. The van der Waals surface area contributed by atoms with Gasteiger partial charge in [0.15, 0.2) is 0 Å². The monoisotopic (exact) mass is 240 g/mol. The van der Waals surface area contributed by atoms with Gasteiger partial charge in [-0.1, -0.05) is 6.07 Å². The minimum absolute atomic E-state index is 0.749. The normalized spacial score (nSPS) is 15.3. The Morgan fingerprint density at radius 3 is 2.67 bits per heavy atom. The van der Waals surface area contributed by atoms with Gasteiger partial charge in [-0.05, 0) is 62.4 Å². The summed E-state index contributed by atoms with van der Waals surface area (Å²) in [4.78, 5) is 4.67. The van der Waals surface area contributed by atoms with Crippen molar-refractivity contribution in [3.8, 4) is 0 Å². The minimum atomic E-state index is 0.749. The highest BCUT2D eigenvalue weighted by Crippen LogP contribution is 2.25. The maximum Gasteiger partial charge on any atom is 0.0713 e. The minimum Gasteiger partial charge on any atom is -0.310 e. The van der Waals surface area contributed by atoms with Gasteiger partial charge in [-0.25, -0.2) is 0 Å². The van der Waals surface area contributed by atoms with Gasteiger partial charge in [-0.3, -0.25) is 4.98 Å². The Morgan fingerprint density at radius 1 is 1.17 bits per heavy atom. The van der Waals surface area contributed by atoms with Crippen molar-refractivity contribution in [1.82, 2.24) is 10.3 Å². The van der Waals surface area contributed by atoms with Crippen LogP contribution in [0.1, 0.15) is 35.2 Å². The number of aryl methyl sites for hydroxylation is 3. The molecular formula is C16H20N2. The molecule has 0 radical (unpaired) electrons. The molecule has 1 N–H and O–H groups in total. The Morgan fingerprint density at radius 2 is 1.94 bits per heavy atom. The average molecular weight is 240 g/mol. The van der Waals surface area contributed by atoms with Gasteiger partial charge in [0, 0.05) is 23.7 Å². The van der Waals surface area contributed by atoms with E-state index in [4.69, 9.17) is 0 Å². The highest BCUT2D eigenvalue weighted by atomic mass is 14.9. The number of benzene rings is 1. The summed E-state index contributed by atoms with van der Waals surface area (Å²) in [6.07, 6.45) is 2.67. The topological polar surface area (TPSA) is 24.9 Å². The lowest BCUT2D eigenvalue weighted by Crippen LogP contribution is -2.16. The summed E-state index contributed by atoms with van der Waals surface area (Å²) < 4.78 is 0. The van der Waals surface area contributed by atoms with Crippen LogP contribution in [-0.2, 0) is 6.54 Å². The second-order valence-electron chi connectivity index (χ2n) is 5.55. The molecule has 2 nitrogen and oxygen atoms in total. The molecule has 1 aliphatic carbocycles. The third-order valence-corrected chi connectivity index (χ3v) is 3.62. The molecule has 1 aromatic carbocycles. The first-order valence-electron chi connectivity index (χ1n) is 6.74. The predicted molar refractivity (Wildman–Crippen MR) is 75.8 cm³/mol. The molecule has 1 saturated carbocycles. The number of hydrogen-bond acceptors (Lipinski definition) is 2. The van der Waals surface area contributed by atoms with E-state index in [-0.39, 0.29) is 0 Å². The third-order valence-electron chi connectivity index (χ3n) is 3.62. The lowest BCUT2D eigenvalue weighted by molar-refractivity contribution is 0.690. The van der Waals surface area contributed by atoms with Crippen molar-refractivity contribution in [2.75, 3.05) is 0 Å². The fraction of sp³-hybridized carbons (Fsp3) is 0.438. The quantitative estimate of drug-likeness (QED) is 0.889. The fourth-order valence-electron chi connectivity index (χ4n) is 2.68. The van der Waals surface area contributed by atoms with Crippen LogP contribution in [0.15, 0.2) is 18.2 Å². The zero-order valence-electron chi connectivity index (χ0n) is 11.4. The van der Waals surface area contributed by atoms with Crippen molar-refractivity contribution in [3.05, 3.63) is 40.6 Å². The van der Waals surface area contributed by atoms with Gasteiger partial charge in [-0.2, -0.15) is 0 Å². The Balaban J connectivity index is 2.09. The molecule has 1 aromatic heterocycles. The van der Waals surface area contributed by atoms with Crippen molar-refractivity contribution in [1.29, 1.82) is 0 Å². The van der Waals surface area contributed by atoms with Crippen LogP contribution in [-0.4, -0.2) is 11.0 Å². The summed E-state index contributed by atoms with van der Waals surface area (Å²) in [5.74, 6) is 0. The average Bonchev–Trinajstić information content (AvgIpc) is 3.07. The van der Waals surface area contributed by atoms with Gasteiger partial charge in [0.05, 0.1) is 5.52 Å². The van der Waals surface area contributed by atoms with E-state index >= 15 is 0 Å². The van der Waals surface area contributed by atoms with Crippen LogP contribution in [0.2, 0.25) is 0 Å². The SMILES string of the molecule is Cc1cc(C)c2c(CNC3CC3)cc(C)nc2c1. The molecule has 1 heterocycles. The molecule has 0 amide bonds. The molecule has 1 aliphatic rings. The van der Waals surface area contributed by atoms with Gasteiger partial charge in [0.1, 0.15) is 0 Å². The molecule has 94 valence electrons. The van der Waals surface area contributed by atoms with Crippen molar-refractivity contribution in [2.24, 2.45) is 0 Å². The molecule has 3 rings (SSSR count). The van der Waals surface area contributed by atoms with Gasteiger partial charge in [0.2, 0.25) is 0 Å². The van der Waals surface area contributed by atoms with Crippen LogP contribution < -0.4 is 5.32 Å². The number of rotatable bonds is 3. The smallest absolute Gasteiger partial charge is 0.0713 e. The van der Waals surface area contributed by atoms with E-state index in [1.165, 1.54) is 34.9 Å². The number of nitrogens with one attached hydrogen (secondary N) is 1. The van der Waals surface area contributed by atoms with E-state index in [0.29, 0.717) is 0 Å². The molecule has 0 atom stereocenters. The maximum atomic E-state index is 4.67. The number of hydrogen-bond donors (Lipinski definition) is 1. The molecule has 0 unspecified atom stereocenters. The molecule has 0 saturated heterocycles. The lowest BCUT2D eigenvalue weighted by Gasteiger charge is -2.12. The molecule has 1 fully saturated rings. The highest BCUT2D eigenvalue weighted by Gasteiger charge is 2.20. The van der Waals surface area contributed by atoms with Gasteiger partial charge >= 0.3 is 0 Å². The molecule has 2 heteroatoms. The number of fused-ring (bicyclic) bond motifs is 1. The zero-order chi connectivity index (χ0) is 12.7. The first-order valence-corrected chi connectivity index (χ1v) is 6.74. The first kappa shape index (κ1) is 11.7. The molecule has 0 spiro atoms. The van der Waals surface area contributed by atoms with Crippen molar-refractivity contribution in [2.45, 2.75) is 46.2 Å². The van der Waals surface area contributed by atoms with E-state index in [1.54, 1.807) is 0 Å². The van der Waals surface area contributed by atoms with E-state index in [1.807, 2.05) is 0 Å². The van der Waals surface area contributed by atoms with Crippen LogP contribution in [0.3, 0.4) is 0 Å². The van der Waals surface area contributed by atoms with Crippen LogP contribution in [0.4, 0.5) is 0 Å². The summed E-state index contributed by atoms with van der Waals surface area (Å²) in [6, 6.07) is 7.41. The van der Waals surface area contributed by atoms with Crippen molar-refractivity contribution in [3.63, 3.8) is 0 Å². The summed E-state index contributed by atoms with van der Waals surface area (Å²) in [5.41, 5.74) is 6.27. The number of aromatic nitrogens is 1. The second-order valence-corrected chi connectivity index (χ2v) is 5.55. The molecule has 2 aromatic rings. The fourth-order valence-corrected chi connectivity index (χ4v) is 2.68. The van der Waals surface area contributed by atoms with Gasteiger partial charge in [0.25, 0.3) is 0 Å². The third kappa shape index (κ3) is 2.25. The van der Waals surface area contributed by atoms with Gasteiger partial charge in [-0.15, -0.1) is 0 Å². The molecule has 0 aliphatic heterocycles. The Labute approximate surface area is 108 Å². The molecule has 18 heavy (non-hydrogen) atoms. The number of nitrogens with zero attached hydrogens (tertiary/aromatic N) is 1. The standard InChI is InChI=1S/C16H20N2/c1-10-6-11(2)16-13(9-17-14-4-5-14)8-12(3)18-15(16)7-10/h6-8,14,17H,4-5,9H2,1-3H3. The van der Waals surface area contributed by atoms with E-state index < -0.39 is 0 Å². The molecule has 0 bridgehead atoms. The van der Waals surface area contributed by atoms with Crippen LogP contribution >= 0.6 is 0 Å². The summed E-state index contributed by atoms with van der Waals surface area (Å²) in [6.45, 7) is 7.37. The zero-order valence-corrected chi connectivity index (χ0v) is 11.4. The van der Waals surface area contributed by atoms with Crippen LogP contribution in [0.25, 0.3) is 10.9 Å². The Bertz CT molecular complexity index is 592. The van der Waals surface area contributed by atoms with E-state index in [2.05, 4.69) is 49.3 Å². The molecular weight excluding hydrogens is 220 g/mol. The largest absolute Gasteiger partial charge is 0.310 e. The van der Waals surface area contributed by atoms with Crippen molar-refractivity contribution >= 4 is 10.9 Å². The van der Waals surface area contributed by atoms with Crippen LogP contribution in [0.5, 0.6) is 0 Å². The lowest BCUT2D eigenvalue weighted by atomic mass is 10.0. The number of pyridine rings is 1. The summed E-state index contributed by atoms with van der Waals surface area (Å²) in [5, 5.41) is 4.94. The summed E-state index contributed by atoms with van der Waals surface area (Å²) >= 11 is 0. The second kappa shape index (κ2) is 4.36. The highest BCUT2D eigenvalue weighted by molar-refractivity contribution is 5.86. The maximum absolute atomic E-state index is 4.67. The van der Waals surface area contributed by atoms with Gasteiger partial charge < -0.3 is 5.32 Å². The Kier molecular flexibility index (Phi) is 2.83. The first-order chi connectivity index (χ1) is 8.63. The van der Waals surface area contributed by atoms with Crippen molar-refractivity contribution < 1.29 is 0 Å². The van der Waals surface area contributed by atoms with E-state index in [0.717, 1.165) is 23.8 Å². The van der Waals surface area contributed by atoms with Crippen LogP contribution in [0, 0.1) is 20.8 Å². The van der Waals surface area contributed by atoms with E-state index in [9.17, 15) is 0 Å². The predicted octanol–water partition coefficient (Wildman–Crippen LogP) is 3.41.